The van der Waals surface area contributed by atoms with Gasteiger partial charge in [-0.3, -0.25) is 4.90 Å². The van der Waals surface area contributed by atoms with Gasteiger partial charge in [-0.15, -0.1) is 0 Å². The molecule has 33 heavy (non-hydrogen) atoms. The quantitative estimate of drug-likeness (QED) is 0.469. The zero-order chi connectivity index (χ0) is 23.2. The largest absolute Gasteiger partial charge is 0.506 e. The van der Waals surface area contributed by atoms with Crippen LogP contribution in [0.5, 0.6) is 5.75 Å². The van der Waals surface area contributed by atoms with Crippen molar-refractivity contribution in [1.82, 2.24) is 4.90 Å². The summed E-state index contributed by atoms with van der Waals surface area (Å²) in [4.78, 5) is 4.40. The molecule has 2 N–H and O–H groups in total. The summed E-state index contributed by atoms with van der Waals surface area (Å²) < 4.78 is 6.20. The number of para-hydroxylation sites is 2. The molecule has 5 nitrogen and oxygen atoms in total. The van der Waals surface area contributed by atoms with Crippen LogP contribution in [-0.2, 0) is 4.74 Å². The third-order valence-electron chi connectivity index (χ3n) is 5.86. The molecule has 1 atom stereocenters. The SMILES string of the molecule is Oc1ccccc1N1CCN(C[C@@H](O)COC(c2ccc(Cl)cc2)c2ccc(Cl)cc2)CC1. The third-order valence-corrected chi connectivity index (χ3v) is 6.37. The van der Waals surface area contributed by atoms with Gasteiger partial charge in [0.25, 0.3) is 0 Å². The molecule has 1 aliphatic rings. The van der Waals surface area contributed by atoms with Crippen molar-refractivity contribution in [3.05, 3.63) is 94.0 Å². The van der Waals surface area contributed by atoms with Crippen molar-refractivity contribution in [2.24, 2.45) is 0 Å². The predicted molar refractivity (Wildman–Crippen MR) is 133 cm³/mol. The highest BCUT2D eigenvalue weighted by Crippen LogP contribution is 2.29. The molecule has 0 unspecified atom stereocenters. The first-order valence-electron chi connectivity index (χ1n) is 11.1. The van der Waals surface area contributed by atoms with E-state index in [9.17, 15) is 10.2 Å². The molecule has 174 valence electrons. The van der Waals surface area contributed by atoms with Crippen LogP contribution in [-0.4, -0.2) is 60.5 Å². The number of aliphatic hydroxyl groups excluding tert-OH is 1. The lowest BCUT2D eigenvalue weighted by atomic mass is 10.0. The average molecular weight is 487 g/mol. The highest BCUT2D eigenvalue weighted by Gasteiger charge is 2.22. The van der Waals surface area contributed by atoms with E-state index in [4.69, 9.17) is 27.9 Å². The van der Waals surface area contributed by atoms with Gasteiger partial charge in [-0.1, -0.05) is 59.6 Å². The summed E-state index contributed by atoms with van der Waals surface area (Å²) in [5.41, 5.74) is 2.78. The number of hydrogen-bond acceptors (Lipinski definition) is 5. The third kappa shape index (κ3) is 6.40. The van der Waals surface area contributed by atoms with Gasteiger partial charge < -0.3 is 19.8 Å². The Morgan fingerprint density at radius 3 is 1.88 bits per heavy atom. The first-order valence-corrected chi connectivity index (χ1v) is 11.8. The Bertz CT molecular complexity index is 977. The average Bonchev–Trinajstić information content (AvgIpc) is 2.82. The summed E-state index contributed by atoms with van der Waals surface area (Å²) in [6.45, 7) is 3.94. The van der Waals surface area contributed by atoms with Gasteiger partial charge in [0.15, 0.2) is 0 Å². The Morgan fingerprint density at radius 1 is 0.788 bits per heavy atom. The topological polar surface area (TPSA) is 56.2 Å². The summed E-state index contributed by atoms with van der Waals surface area (Å²) in [6.07, 6.45) is -0.948. The van der Waals surface area contributed by atoms with Gasteiger partial charge in [0, 0.05) is 42.8 Å². The molecule has 1 saturated heterocycles. The van der Waals surface area contributed by atoms with Crippen LogP contribution in [0.2, 0.25) is 10.0 Å². The lowest BCUT2D eigenvalue weighted by molar-refractivity contribution is -0.00894. The molecule has 1 fully saturated rings. The molecule has 1 aliphatic heterocycles. The maximum atomic E-state index is 10.7. The van der Waals surface area contributed by atoms with E-state index in [2.05, 4.69) is 9.80 Å². The summed E-state index contributed by atoms with van der Waals surface area (Å²) >= 11 is 12.1. The maximum Gasteiger partial charge on any atom is 0.138 e. The minimum atomic E-state index is -0.622. The van der Waals surface area contributed by atoms with Crippen molar-refractivity contribution in [2.75, 3.05) is 44.2 Å². The van der Waals surface area contributed by atoms with Crippen LogP contribution in [0.1, 0.15) is 17.2 Å². The zero-order valence-corrected chi connectivity index (χ0v) is 19.8. The van der Waals surface area contributed by atoms with Crippen molar-refractivity contribution in [2.45, 2.75) is 12.2 Å². The summed E-state index contributed by atoms with van der Waals surface area (Å²) in [7, 11) is 0. The number of ether oxygens (including phenoxy) is 1. The Labute approximate surface area is 204 Å². The van der Waals surface area contributed by atoms with Gasteiger partial charge in [0.05, 0.1) is 18.4 Å². The molecule has 0 amide bonds. The summed E-state index contributed by atoms with van der Waals surface area (Å²) in [5.74, 6) is 0.301. The number of piperazine rings is 1. The zero-order valence-electron chi connectivity index (χ0n) is 18.3. The highest BCUT2D eigenvalue weighted by molar-refractivity contribution is 6.30. The molecule has 0 bridgehead atoms. The maximum absolute atomic E-state index is 10.7. The molecule has 7 heteroatoms. The molecule has 3 aromatic carbocycles. The number of hydrogen-bond donors (Lipinski definition) is 2. The second-order valence-corrected chi connectivity index (χ2v) is 9.12. The van der Waals surface area contributed by atoms with Gasteiger partial charge >= 0.3 is 0 Å². The summed E-state index contributed by atoms with van der Waals surface area (Å²) in [5, 5.41) is 22.1. The van der Waals surface area contributed by atoms with E-state index in [0.29, 0.717) is 22.3 Å². The number of phenolic OH excluding ortho intramolecular Hbond substituents is 1. The van der Waals surface area contributed by atoms with Crippen molar-refractivity contribution >= 4 is 28.9 Å². The van der Waals surface area contributed by atoms with E-state index in [1.165, 1.54) is 0 Å². The van der Waals surface area contributed by atoms with Crippen LogP contribution in [0.4, 0.5) is 5.69 Å². The van der Waals surface area contributed by atoms with Gasteiger partial charge in [-0.2, -0.15) is 0 Å². The molecule has 0 radical (unpaired) electrons. The summed E-state index contributed by atoms with van der Waals surface area (Å²) in [6, 6.07) is 22.5. The molecular weight excluding hydrogens is 459 g/mol. The van der Waals surface area contributed by atoms with Crippen LogP contribution in [0.25, 0.3) is 0 Å². The predicted octanol–water partition coefficient (Wildman–Crippen LogP) is 4.99. The Hall–Kier alpha value is -2.28. The van der Waals surface area contributed by atoms with Crippen molar-refractivity contribution in [3.63, 3.8) is 0 Å². The smallest absolute Gasteiger partial charge is 0.138 e. The first-order chi connectivity index (χ1) is 16.0. The van der Waals surface area contributed by atoms with E-state index in [1.54, 1.807) is 6.07 Å². The lowest BCUT2D eigenvalue weighted by Crippen LogP contribution is -2.49. The second-order valence-electron chi connectivity index (χ2n) is 8.25. The van der Waals surface area contributed by atoms with Crippen molar-refractivity contribution in [3.8, 4) is 5.75 Å². The number of β-amino-alcohol motifs (C(OH)–C–C–N with tert-alkyl or cyclic N) is 1. The van der Waals surface area contributed by atoms with Crippen LogP contribution in [0, 0.1) is 0 Å². The van der Waals surface area contributed by atoms with Gasteiger partial charge in [-0.05, 0) is 47.5 Å². The van der Waals surface area contributed by atoms with Gasteiger partial charge in [-0.25, -0.2) is 0 Å². The Morgan fingerprint density at radius 2 is 1.33 bits per heavy atom. The number of aliphatic hydroxyl groups is 1. The van der Waals surface area contributed by atoms with E-state index >= 15 is 0 Å². The number of phenols is 1. The molecule has 0 saturated carbocycles. The highest BCUT2D eigenvalue weighted by atomic mass is 35.5. The normalized spacial score (nSPS) is 15.7. The van der Waals surface area contributed by atoms with E-state index in [1.807, 2.05) is 66.7 Å². The number of anilines is 1. The van der Waals surface area contributed by atoms with E-state index in [-0.39, 0.29) is 12.7 Å². The van der Waals surface area contributed by atoms with Crippen LogP contribution in [0.15, 0.2) is 72.8 Å². The van der Waals surface area contributed by atoms with Crippen molar-refractivity contribution in [1.29, 1.82) is 0 Å². The molecule has 1 heterocycles. The molecular formula is C26H28Cl2N2O3. The fourth-order valence-electron chi connectivity index (χ4n) is 4.12. The number of halogens is 2. The number of nitrogens with zero attached hydrogens (tertiary/aromatic N) is 2. The number of aromatic hydroxyl groups is 1. The molecule has 4 rings (SSSR count). The Kier molecular flexibility index (Phi) is 8.12. The minimum absolute atomic E-state index is 0.204. The number of rotatable bonds is 8. The molecule has 0 aromatic heterocycles. The second kappa shape index (κ2) is 11.2. The number of benzene rings is 3. The van der Waals surface area contributed by atoms with E-state index < -0.39 is 6.10 Å². The minimum Gasteiger partial charge on any atom is -0.506 e. The fourth-order valence-corrected chi connectivity index (χ4v) is 4.37. The Balaban J connectivity index is 1.33. The molecule has 3 aromatic rings. The standard InChI is InChI=1S/C26H28Cl2N2O3/c27-21-9-5-19(6-10-21)26(20-7-11-22(28)12-8-20)33-18-23(31)17-29-13-15-30(16-14-29)24-3-1-2-4-25(24)32/h1-12,23,26,31-32H,13-18H2/t23-/m1/s1. The van der Waals surface area contributed by atoms with Crippen LogP contribution >= 0.6 is 23.2 Å². The molecule has 0 aliphatic carbocycles. The van der Waals surface area contributed by atoms with E-state index in [0.717, 1.165) is 43.0 Å². The monoisotopic (exact) mass is 486 g/mol. The lowest BCUT2D eigenvalue weighted by Gasteiger charge is -2.37. The van der Waals surface area contributed by atoms with Crippen LogP contribution in [0.3, 0.4) is 0 Å². The molecule has 0 spiro atoms. The fraction of sp³-hybridized carbons (Fsp3) is 0.308. The van der Waals surface area contributed by atoms with Gasteiger partial charge in [0.2, 0.25) is 0 Å². The van der Waals surface area contributed by atoms with Gasteiger partial charge in [0.1, 0.15) is 11.9 Å². The first kappa shape index (κ1) is 23.9. The van der Waals surface area contributed by atoms with Crippen molar-refractivity contribution < 1.29 is 14.9 Å². The van der Waals surface area contributed by atoms with Crippen LogP contribution < -0.4 is 4.90 Å².